The summed E-state index contributed by atoms with van der Waals surface area (Å²) in [5.41, 5.74) is 1.31. The lowest BCUT2D eigenvalue weighted by Crippen LogP contribution is -2.31. The first kappa shape index (κ1) is 10.4. The monoisotopic (exact) mass is 203 g/mol. The minimum atomic E-state index is 0.336. The zero-order chi connectivity index (χ0) is 10.5. The molecular formula is C13H17NO. The number of ketones is 1. The van der Waals surface area contributed by atoms with Crippen LogP contribution in [0.3, 0.4) is 0 Å². The van der Waals surface area contributed by atoms with Gasteiger partial charge in [-0.15, -0.1) is 0 Å². The van der Waals surface area contributed by atoms with Gasteiger partial charge < -0.3 is 5.32 Å². The number of benzene rings is 1. The molecule has 1 atom stereocenters. The standard InChI is InChI=1S/C13H17NO/c15-13-7-4-8-14-12(10-13)9-11-5-2-1-3-6-11/h1-3,5-6,12,14H,4,7-10H2. The minimum Gasteiger partial charge on any atom is -0.313 e. The molecule has 1 aliphatic heterocycles. The van der Waals surface area contributed by atoms with E-state index in [1.165, 1.54) is 5.56 Å². The molecule has 2 rings (SSSR count). The first-order chi connectivity index (χ1) is 7.34. The van der Waals surface area contributed by atoms with Crippen LogP contribution in [0.25, 0.3) is 0 Å². The molecule has 1 N–H and O–H groups in total. The minimum absolute atomic E-state index is 0.336. The largest absolute Gasteiger partial charge is 0.313 e. The van der Waals surface area contributed by atoms with Crippen molar-refractivity contribution in [2.75, 3.05) is 6.54 Å². The molecule has 2 heteroatoms. The van der Waals surface area contributed by atoms with E-state index in [2.05, 4.69) is 17.4 Å². The van der Waals surface area contributed by atoms with E-state index in [9.17, 15) is 4.79 Å². The summed E-state index contributed by atoms with van der Waals surface area (Å²) in [4.78, 5) is 11.4. The third-order valence-electron chi connectivity index (χ3n) is 2.86. The van der Waals surface area contributed by atoms with Crippen molar-refractivity contribution in [2.24, 2.45) is 0 Å². The van der Waals surface area contributed by atoms with E-state index in [-0.39, 0.29) is 0 Å². The zero-order valence-corrected chi connectivity index (χ0v) is 8.91. The second-order valence-electron chi connectivity index (χ2n) is 4.19. The molecule has 0 amide bonds. The van der Waals surface area contributed by atoms with Crippen molar-refractivity contribution in [1.82, 2.24) is 5.32 Å². The van der Waals surface area contributed by atoms with Crippen molar-refractivity contribution in [3.05, 3.63) is 35.9 Å². The summed E-state index contributed by atoms with van der Waals surface area (Å²) < 4.78 is 0. The molecule has 1 aromatic rings. The van der Waals surface area contributed by atoms with Crippen LogP contribution in [-0.4, -0.2) is 18.4 Å². The maximum Gasteiger partial charge on any atom is 0.134 e. The van der Waals surface area contributed by atoms with Gasteiger partial charge in [-0.2, -0.15) is 0 Å². The molecular weight excluding hydrogens is 186 g/mol. The second-order valence-corrected chi connectivity index (χ2v) is 4.19. The van der Waals surface area contributed by atoms with Crippen LogP contribution in [0, 0.1) is 0 Å². The Hall–Kier alpha value is -1.15. The van der Waals surface area contributed by atoms with Crippen LogP contribution in [0.5, 0.6) is 0 Å². The molecule has 1 saturated heterocycles. The van der Waals surface area contributed by atoms with Crippen LogP contribution in [0.4, 0.5) is 0 Å². The highest BCUT2D eigenvalue weighted by Gasteiger charge is 2.16. The lowest BCUT2D eigenvalue weighted by Gasteiger charge is -2.14. The number of rotatable bonds is 2. The van der Waals surface area contributed by atoms with E-state index in [0.717, 1.165) is 25.8 Å². The number of nitrogens with one attached hydrogen (secondary N) is 1. The molecule has 1 unspecified atom stereocenters. The highest BCUT2D eigenvalue weighted by atomic mass is 16.1. The molecule has 1 aromatic carbocycles. The topological polar surface area (TPSA) is 29.1 Å². The fraction of sp³-hybridized carbons (Fsp3) is 0.462. The van der Waals surface area contributed by atoms with Crippen molar-refractivity contribution in [2.45, 2.75) is 31.7 Å². The first-order valence-electron chi connectivity index (χ1n) is 5.63. The summed E-state index contributed by atoms with van der Waals surface area (Å²) in [5.74, 6) is 0.404. The van der Waals surface area contributed by atoms with Crippen molar-refractivity contribution in [3.63, 3.8) is 0 Å². The van der Waals surface area contributed by atoms with Crippen LogP contribution < -0.4 is 5.32 Å². The fourth-order valence-corrected chi connectivity index (χ4v) is 2.08. The van der Waals surface area contributed by atoms with Crippen molar-refractivity contribution >= 4 is 5.78 Å². The fourth-order valence-electron chi connectivity index (χ4n) is 2.08. The SMILES string of the molecule is O=C1CCCNC(Cc2ccccc2)C1. The molecule has 1 fully saturated rings. The maximum atomic E-state index is 11.4. The number of carbonyl (C=O) groups excluding carboxylic acids is 1. The van der Waals surface area contributed by atoms with Gasteiger partial charge in [-0.25, -0.2) is 0 Å². The van der Waals surface area contributed by atoms with Gasteiger partial charge in [0.1, 0.15) is 5.78 Å². The predicted octanol–water partition coefficient (Wildman–Crippen LogP) is 1.94. The van der Waals surface area contributed by atoms with E-state index >= 15 is 0 Å². The van der Waals surface area contributed by atoms with Gasteiger partial charge in [0.15, 0.2) is 0 Å². The van der Waals surface area contributed by atoms with E-state index in [0.29, 0.717) is 18.2 Å². The normalized spacial score (nSPS) is 22.4. The summed E-state index contributed by atoms with van der Waals surface area (Å²) in [7, 11) is 0. The molecule has 0 spiro atoms. The van der Waals surface area contributed by atoms with Gasteiger partial charge in [0, 0.05) is 18.9 Å². The van der Waals surface area contributed by atoms with Crippen LogP contribution in [0.15, 0.2) is 30.3 Å². The number of Topliss-reactive ketones (excluding diaryl/α,β-unsaturated/α-hetero) is 1. The first-order valence-corrected chi connectivity index (χ1v) is 5.63. The third-order valence-corrected chi connectivity index (χ3v) is 2.86. The quantitative estimate of drug-likeness (QED) is 0.796. The number of carbonyl (C=O) groups is 1. The lowest BCUT2D eigenvalue weighted by atomic mass is 10.0. The lowest BCUT2D eigenvalue weighted by molar-refractivity contribution is -0.119. The maximum absolute atomic E-state index is 11.4. The summed E-state index contributed by atoms with van der Waals surface area (Å²) in [6.07, 6.45) is 3.39. The van der Waals surface area contributed by atoms with E-state index in [1.54, 1.807) is 0 Å². The molecule has 0 bridgehead atoms. The molecule has 0 aliphatic carbocycles. The summed E-state index contributed by atoms with van der Waals surface area (Å²) in [5, 5.41) is 3.44. The Balaban J connectivity index is 1.96. The van der Waals surface area contributed by atoms with E-state index < -0.39 is 0 Å². The molecule has 15 heavy (non-hydrogen) atoms. The predicted molar refractivity (Wildman–Crippen MR) is 60.8 cm³/mol. The molecule has 1 aliphatic rings. The van der Waals surface area contributed by atoms with Crippen LogP contribution in [0.1, 0.15) is 24.8 Å². The van der Waals surface area contributed by atoms with Gasteiger partial charge in [0.25, 0.3) is 0 Å². The van der Waals surface area contributed by atoms with Gasteiger partial charge >= 0.3 is 0 Å². The Morgan fingerprint density at radius 2 is 2.07 bits per heavy atom. The molecule has 1 heterocycles. The molecule has 0 saturated carbocycles. The van der Waals surface area contributed by atoms with E-state index in [4.69, 9.17) is 0 Å². The summed E-state index contributed by atoms with van der Waals surface area (Å²) in [6, 6.07) is 10.7. The Labute approximate surface area is 90.7 Å². The van der Waals surface area contributed by atoms with Crippen LogP contribution in [-0.2, 0) is 11.2 Å². The van der Waals surface area contributed by atoms with Gasteiger partial charge in [0.2, 0.25) is 0 Å². The summed E-state index contributed by atoms with van der Waals surface area (Å²) in [6.45, 7) is 0.975. The molecule has 2 nitrogen and oxygen atoms in total. The number of hydrogen-bond acceptors (Lipinski definition) is 2. The summed E-state index contributed by atoms with van der Waals surface area (Å²) >= 11 is 0. The van der Waals surface area contributed by atoms with Gasteiger partial charge in [0.05, 0.1) is 0 Å². The van der Waals surface area contributed by atoms with Gasteiger partial charge in [-0.3, -0.25) is 4.79 Å². The number of hydrogen-bond donors (Lipinski definition) is 1. The van der Waals surface area contributed by atoms with Crippen molar-refractivity contribution < 1.29 is 4.79 Å². The van der Waals surface area contributed by atoms with Gasteiger partial charge in [-0.1, -0.05) is 30.3 Å². The average Bonchev–Trinajstić information content (AvgIpc) is 2.44. The van der Waals surface area contributed by atoms with E-state index in [1.807, 2.05) is 18.2 Å². The Kier molecular flexibility index (Phi) is 3.51. The van der Waals surface area contributed by atoms with Crippen LogP contribution in [0.2, 0.25) is 0 Å². The Morgan fingerprint density at radius 1 is 1.27 bits per heavy atom. The van der Waals surface area contributed by atoms with Crippen molar-refractivity contribution in [3.8, 4) is 0 Å². The Morgan fingerprint density at radius 3 is 2.87 bits per heavy atom. The highest BCUT2D eigenvalue weighted by molar-refractivity contribution is 5.79. The average molecular weight is 203 g/mol. The zero-order valence-electron chi connectivity index (χ0n) is 8.91. The van der Waals surface area contributed by atoms with Gasteiger partial charge in [-0.05, 0) is 24.9 Å². The molecule has 80 valence electrons. The molecule has 0 radical (unpaired) electrons. The van der Waals surface area contributed by atoms with Crippen molar-refractivity contribution in [1.29, 1.82) is 0 Å². The Bertz CT molecular complexity index is 321. The third kappa shape index (κ3) is 3.17. The van der Waals surface area contributed by atoms with Crippen LogP contribution >= 0.6 is 0 Å². The molecule has 0 aromatic heterocycles. The smallest absolute Gasteiger partial charge is 0.134 e. The second kappa shape index (κ2) is 5.08. The highest BCUT2D eigenvalue weighted by Crippen LogP contribution is 2.10.